The number of rotatable bonds is 1. The van der Waals surface area contributed by atoms with E-state index in [9.17, 15) is 14.0 Å². The Morgan fingerprint density at radius 1 is 1.19 bits per heavy atom. The number of fused-ring (bicyclic) bond motifs is 1. The molecule has 0 saturated carbocycles. The van der Waals surface area contributed by atoms with Crippen LogP contribution in [0.15, 0.2) is 18.2 Å². The van der Waals surface area contributed by atoms with E-state index in [0.29, 0.717) is 24.2 Å². The van der Waals surface area contributed by atoms with E-state index in [1.807, 2.05) is 0 Å². The van der Waals surface area contributed by atoms with Gasteiger partial charge in [0.25, 0.3) is 5.91 Å². The summed E-state index contributed by atoms with van der Waals surface area (Å²) in [6.07, 6.45) is 2.59. The molecule has 2 fully saturated rings. The Morgan fingerprint density at radius 2 is 1.95 bits per heavy atom. The summed E-state index contributed by atoms with van der Waals surface area (Å²) in [5.74, 6) is -0.482. The van der Waals surface area contributed by atoms with Gasteiger partial charge in [-0.1, -0.05) is 6.07 Å². The second-order valence-corrected chi connectivity index (χ2v) is 5.81. The molecule has 5 heteroatoms. The third-order valence-electron chi connectivity index (χ3n) is 4.55. The van der Waals surface area contributed by atoms with E-state index in [0.717, 1.165) is 12.8 Å². The molecule has 1 aromatic rings. The van der Waals surface area contributed by atoms with Gasteiger partial charge in [0.15, 0.2) is 0 Å². The number of carbonyl (C=O) groups is 2. The highest BCUT2D eigenvalue weighted by molar-refractivity contribution is 6.08. The Bertz CT molecular complexity index is 602. The van der Waals surface area contributed by atoms with Crippen LogP contribution >= 0.6 is 0 Å². The fraction of sp³-hybridized carbons (Fsp3) is 0.500. The van der Waals surface area contributed by atoms with Crippen molar-refractivity contribution in [3.63, 3.8) is 0 Å². The normalized spacial score (nSPS) is 26.0. The smallest absolute Gasteiger partial charge is 0.250 e. The standard InChI is InChI=1S/C16H19FN2O2/c1-10-12(17)6-5-8-13(10)19-11(2)15(20)18-9-4-3-7-14(18)16(19)21/h5-6,8,11,14H,3-4,7,9H2,1-2H3. The van der Waals surface area contributed by atoms with Crippen molar-refractivity contribution < 1.29 is 14.0 Å². The molecular weight excluding hydrogens is 271 g/mol. The number of hydrogen-bond acceptors (Lipinski definition) is 2. The maximum Gasteiger partial charge on any atom is 0.250 e. The van der Waals surface area contributed by atoms with Gasteiger partial charge >= 0.3 is 0 Å². The molecule has 0 aliphatic carbocycles. The van der Waals surface area contributed by atoms with Crippen molar-refractivity contribution in [1.29, 1.82) is 0 Å². The lowest BCUT2D eigenvalue weighted by Gasteiger charge is -2.46. The van der Waals surface area contributed by atoms with Crippen LogP contribution in [0.2, 0.25) is 0 Å². The van der Waals surface area contributed by atoms with Crippen molar-refractivity contribution >= 4 is 17.5 Å². The molecule has 2 aliphatic heterocycles. The number of piperazine rings is 1. The molecule has 2 saturated heterocycles. The topological polar surface area (TPSA) is 40.6 Å². The third-order valence-corrected chi connectivity index (χ3v) is 4.55. The predicted octanol–water partition coefficient (Wildman–Crippen LogP) is 2.25. The average molecular weight is 290 g/mol. The number of benzene rings is 1. The lowest BCUT2D eigenvalue weighted by atomic mass is 9.95. The second-order valence-electron chi connectivity index (χ2n) is 5.81. The van der Waals surface area contributed by atoms with E-state index in [2.05, 4.69) is 0 Å². The molecule has 0 bridgehead atoms. The largest absolute Gasteiger partial charge is 0.329 e. The molecule has 112 valence electrons. The molecule has 2 heterocycles. The first-order valence-electron chi connectivity index (χ1n) is 7.41. The number of halogens is 1. The van der Waals surface area contributed by atoms with Gasteiger partial charge in [-0.25, -0.2) is 4.39 Å². The molecule has 0 aromatic heterocycles. The van der Waals surface area contributed by atoms with Crippen LogP contribution in [0.3, 0.4) is 0 Å². The van der Waals surface area contributed by atoms with Gasteiger partial charge in [-0.15, -0.1) is 0 Å². The fourth-order valence-corrected chi connectivity index (χ4v) is 3.34. The van der Waals surface area contributed by atoms with E-state index in [-0.39, 0.29) is 23.7 Å². The minimum absolute atomic E-state index is 0.0389. The van der Waals surface area contributed by atoms with Crippen molar-refractivity contribution in [3.8, 4) is 0 Å². The van der Waals surface area contributed by atoms with Crippen molar-refractivity contribution in [2.24, 2.45) is 0 Å². The number of piperidine rings is 1. The number of amides is 2. The van der Waals surface area contributed by atoms with Crippen molar-refractivity contribution in [3.05, 3.63) is 29.6 Å². The first-order chi connectivity index (χ1) is 10.0. The number of hydrogen-bond donors (Lipinski definition) is 0. The zero-order valence-electron chi connectivity index (χ0n) is 12.3. The van der Waals surface area contributed by atoms with E-state index in [1.165, 1.54) is 11.0 Å². The Morgan fingerprint density at radius 3 is 2.71 bits per heavy atom. The molecule has 0 N–H and O–H groups in total. The first-order valence-corrected chi connectivity index (χ1v) is 7.41. The van der Waals surface area contributed by atoms with Gasteiger partial charge in [0.05, 0.1) is 5.69 Å². The quantitative estimate of drug-likeness (QED) is 0.796. The van der Waals surface area contributed by atoms with Gasteiger partial charge in [-0.05, 0) is 45.2 Å². The van der Waals surface area contributed by atoms with Crippen LogP contribution in [-0.4, -0.2) is 35.3 Å². The fourth-order valence-electron chi connectivity index (χ4n) is 3.34. The summed E-state index contributed by atoms with van der Waals surface area (Å²) in [5.41, 5.74) is 0.917. The Balaban J connectivity index is 2.03. The second kappa shape index (κ2) is 5.13. The Labute approximate surface area is 123 Å². The average Bonchev–Trinajstić information content (AvgIpc) is 2.49. The summed E-state index contributed by atoms with van der Waals surface area (Å²) in [7, 11) is 0. The Hall–Kier alpha value is -1.91. The molecule has 3 rings (SSSR count). The molecule has 2 unspecified atom stereocenters. The molecule has 2 aliphatic rings. The minimum atomic E-state index is -0.577. The summed E-state index contributed by atoms with van der Waals surface area (Å²) in [5, 5.41) is 0. The van der Waals surface area contributed by atoms with Crippen LogP contribution in [0, 0.1) is 12.7 Å². The SMILES string of the molecule is Cc1c(F)cccc1N1C(=O)C2CCCCN2C(=O)C1C. The molecule has 4 nitrogen and oxygen atoms in total. The van der Waals surface area contributed by atoms with E-state index >= 15 is 0 Å². The van der Waals surface area contributed by atoms with Crippen LogP contribution < -0.4 is 4.90 Å². The number of anilines is 1. The van der Waals surface area contributed by atoms with Gasteiger partial charge in [-0.3, -0.25) is 14.5 Å². The van der Waals surface area contributed by atoms with Gasteiger partial charge in [0.1, 0.15) is 17.9 Å². The molecule has 2 amide bonds. The number of carbonyl (C=O) groups excluding carboxylic acids is 2. The van der Waals surface area contributed by atoms with Gasteiger partial charge < -0.3 is 4.90 Å². The van der Waals surface area contributed by atoms with Crippen molar-refractivity contribution in [2.75, 3.05) is 11.4 Å². The van der Waals surface area contributed by atoms with Gasteiger partial charge in [0, 0.05) is 12.1 Å². The highest BCUT2D eigenvalue weighted by Gasteiger charge is 2.45. The summed E-state index contributed by atoms with van der Waals surface area (Å²) >= 11 is 0. The molecule has 0 spiro atoms. The summed E-state index contributed by atoms with van der Waals surface area (Å²) in [4.78, 5) is 28.5. The lowest BCUT2D eigenvalue weighted by Crippen LogP contribution is -2.65. The van der Waals surface area contributed by atoms with E-state index in [4.69, 9.17) is 0 Å². The third kappa shape index (κ3) is 2.11. The van der Waals surface area contributed by atoms with E-state index in [1.54, 1.807) is 30.9 Å². The summed E-state index contributed by atoms with van der Waals surface area (Å²) in [6.45, 7) is 4.01. The highest BCUT2D eigenvalue weighted by atomic mass is 19.1. The zero-order valence-corrected chi connectivity index (χ0v) is 12.3. The van der Waals surface area contributed by atoms with Gasteiger partial charge in [-0.2, -0.15) is 0 Å². The van der Waals surface area contributed by atoms with Crippen LogP contribution in [0.4, 0.5) is 10.1 Å². The first kappa shape index (κ1) is 14.0. The van der Waals surface area contributed by atoms with Crippen LogP contribution in [0.5, 0.6) is 0 Å². The monoisotopic (exact) mass is 290 g/mol. The highest BCUT2D eigenvalue weighted by Crippen LogP contribution is 2.32. The van der Waals surface area contributed by atoms with Crippen LogP contribution in [0.25, 0.3) is 0 Å². The summed E-state index contributed by atoms with van der Waals surface area (Å²) < 4.78 is 13.8. The number of nitrogens with zero attached hydrogens (tertiary/aromatic N) is 2. The molecule has 2 atom stereocenters. The van der Waals surface area contributed by atoms with Crippen molar-refractivity contribution in [2.45, 2.75) is 45.2 Å². The zero-order chi connectivity index (χ0) is 15.1. The Kier molecular flexibility index (Phi) is 3.43. The van der Waals surface area contributed by atoms with Crippen molar-refractivity contribution in [1.82, 2.24) is 4.90 Å². The molecular formula is C16H19FN2O2. The molecule has 21 heavy (non-hydrogen) atoms. The predicted molar refractivity (Wildman–Crippen MR) is 77.4 cm³/mol. The molecule has 0 radical (unpaired) electrons. The van der Waals surface area contributed by atoms with Crippen LogP contribution in [-0.2, 0) is 9.59 Å². The van der Waals surface area contributed by atoms with Gasteiger partial charge in [0.2, 0.25) is 5.91 Å². The van der Waals surface area contributed by atoms with E-state index < -0.39 is 6.04 Å². The lowest BCUT2D eigenvalue weighted by molar-refractivity contribution is -0.147. The summed E-state index contributed by atoms with van der Waals surface area (Å²) in [6, 6.07) is 3.69. The maximum absolute atomic E-state index is 13.8. The maximum atomic E-state index is 13.8. The minimum Gasteiger partial charge on any atom is -0.329 e. The van der Waals surface area contributed by atoms with Crippen LogP contribution in [0.1, 0.15) is 31.7 Å². The molecule has 1 aromatic carbocycles.